The van der Waals surface area contributed by atoms with Gasteiger partial charge in [-0.3, -0.25) is 0 Å². The molecule has 0 radical (unpaired) electrons. The van der Waals surface area contributed by atoms with Gasteiger partial charge in [0.05, 0.1) is 13.2 Å². The summed E-state index contributed by atoms with van der Waals surface area (Å²) in [6.45, 7) is 1.28. The Bertz CT molecular complexity index is 521. The van der Waals surface area contributed by atoms with Gasteiger partial charge in [0, 0.05) is 6.61 Å². The second-order valence-electron chi connectivity index (χ2n) is 8.85. The van der Waals surface area contributed by atoms with Gasteiger partial charge in [-0.05, 0) is 6.42 Å². The molecule has 11 heteroatoms. The third kappa shape index (κ3) is 8.04. The van der Waals surface area contributed by atoms with Gasteiger partial charge >= 0.3 is 0 Å². The molecule has 0 aromatic rings. The number of ether oxygens (including phenoxy) is 4. The highest BCUT2D eigenvalue weighted by Gasteiger charge is 2.50. The summed E-state index contributed by atoms with van der Waals surface area (Å²) in [4.78, 5) is 0. The van der Waals surface area contributed by atoms with Crippen molar-refractivity contribution < 1.29 is 54.7 Å². The Kier molecular flexibility index (Phi) is 13.0. The summed E-state index contributed by atoms with van der Waals surface area (Å²) in [6, 6.07) is 0. The van der Waals surface area contributed by atoms with Crippen LogP contribution in [-0.4, -0.2) is 117 Å². The van der Waals surface area contributed by atoms with Crippen molar-refractivity contribution in [3.8, 4) is 0 Å². The van der Waals surface area contributed by atoms with Gasteiger partial charge in [-0.25, -0.2) is 0 Å². The molecule has 33 heavy (non-hydrogen) atoms. The normalized spacial score (nSPS) is 39.6. The predicted octanol–water partition coefficient (Wildman–Crippen LogP) is -1.23. The maximum Gasteiger partial charge on any atom is 0.187 e. The molecule has 0 aromatic heterocycles. The fraction of sp³-hybridized carbons (Fsp3) is 1.00. The Morgan fingerprint density at radius 2 is 1.15 bits per heavy atom. The molecule has 2 saturated heterocycles. The van der Waals surface area contributed by atoms with E-state index in [4.69, 9.17) is 18.9 Å². The third-order valence-corrected chi connectivity index (χ3v) is 6.24. The first-order valence-corrected chi connectivity index (χ1v) is 12.1. The topological polar surface area (TPSA) is 179 Å². The second-order valence-corrected chi connectivity index (χ2v) is 8.85. The third-order valence-electron chi connectivity index (χ3n) is 6.24. The Labute approximate surface area is 194 Å². The molecule has 0 amide bonds. The fourth-order valence-electron chi connectivity index (χ4n) is 4.13. The van der Waals surface area contributed by atoms with Crippen LogP contribution in [0.25, 0.3) is 0 Å². The lowest BCUT2D eigenvalue weighted by Crippen LogP contribution is -2.64. The van der Waals surface area contributed by atoms with E-state index in [0.29, 0.717) is 6.61 Å². The number of aliphatic hydroxyl groups excluding tert-OH is 7. The molecule has 196 valence electrons. The monoisotopic (exact) mass is 482 g/mol. The second kappa shape index (κ2) is 14.8. The van der Waals surface area contributed by atoms with Gasteiger partial charge in [0.25, 0.3) is 0 Å². The first-order valence-electron chi connectivity index (χ1n) is 12.1. The maximum atomic E-state index is 10.6. The summed E-state index contributed by atoms with van der Waals surface area (Å²) >= 11 is 0. The van der Waals surface area contributed by atoms with E-state index in [1.165, 1.54) is 32.1 Å². The van der Waals surface area contributed by atoms with Gasteiger partial charge in [0.15, 0.2) is 12.6 Å². The van der Waals surface area contributed by atoms with Gasteiger partial charge in [0.1, 0.15) is 48.8 Å². The molecular weight excluding hydrogens is 440 g/mol. The number of aliphatic hydroxyl groups is 7. The van der Waals surface area contributed by atoms with Crippen molar-refractivity contribution in [3.05, 3.63) is 0 Å². The molecule has 11 nitrogen and oxygen atoms in total. The number of rotatable bonds is 14. The zero-order valence-electron chi connectivity index (χ0n) is 19.3. The minimum absolute atomic E-state index is 0.319. The van der Waals surface area contributed by atoms with Crippen LogP contribution in [0.1, 0.15) is 58.3 Å². The van der Waals surface area contributed by atoms with Crippen molar-refractivity contribution in [2.75, 3.05) is 19.8 Å². The predicted molar refractivity (Wildman–Crippen MR) is 115 cm³/mol. The minimum Gasteiger partial charge on any atom is -0.394 e. The number of hydrogen-bond acceptors (Lipinski definition) is 11. The van der Waals surface area contributed by atoms with E-state index >= 15 is 0 Å². The standard InChI is InChI=1S/C22H42O11/c1-2-3-4-5-6-7-8-9-10-30-21-19(29)17(27)20(14(12-24)32-21)33-22-18(28)16(26)15(25)13(11-23)31-22/h13-29H,2-12H2,1H3/t13-,14-,15-,16-,17-,18+,19+,20-,21+,22+/m0/s1. The van der Waals surface area contributed by atoms with Crippen molar-refractivity contribution in [2.24, 2.45) is 0 Å². The van der Waals surface area contributed by atoms with E-state index < -0.39 is 74.6 Å². The molecule has 0 saturated carbocycles. The SMILES string of the molecule is CCCCCCCCCCO[C@@H]1O[C@@H](CO)[C@H](O[C@H]2O[C@@H](CO)[C@H](O)[C@H](O)[C@H]2O)[C@@H](O)[C@H]1O. The van der Waals surface area contributed by atoms with E-state index in [2.05, 4.69) is 6.92 Å². The molecule has 10 atom stereocenters. The first-order chi connectivity index (χ1) is 15.8. The Morgan fingerprint density at radius 3 is 1.76 bits per heavy atom. The summed E-state index contributed by atoms with van der Waals surface area (Å²) in [7, 11) is 0. The van der Waals surface area contributed by atoms with Crippen LogP contribution < -0.4 is 0 Å². The van der Waals surface area contributed by atoms with Gasteiger partial charge in [-0.1, -0.05) is 51.9 Å². The van der Waals surface area contributed by atoms with Crippen LogP contribution in [0.3, 0.4) is 0 Å². The van der Waals surface area contributed by atoms with E-state index in [1.54, 1.807) is 0 Å². The average Bonchev–Trinajstić information content (AvgIpc) is 2.82. The highest BCUT2D eigenvalue weighted by molar-refractivity contribution is 4.94. The van der Waals surface area contributed by atoms with Gasteiger partial charge in [0.2, 0.25) is 0 Å². The van der Waals surface area contributed by atoms with E-state index in [9.17, 15) is 35.7 Å². The highest BCUT2D eigenvalue weighted by atomic mass is 16.7. The maximum absolute atomic E-state index is 10.6. The number of unbranched alkanes of at least 4 members (excludes halogenated alkanes) is 7. The van der Waals surface area contributed by atoms with E-state index in [1.807, 2.05) is 0 Å². The van der Waals surface area contributed by atoms with Gasteiger partial charge in [-0.2, -0.15) is 0 Å². The zero-order valence-corrected chi connectivity index (χ0v) is 19.3. The van der Waals surface area contributed by atoms with Crippen molar-refractivity contribution in [3.63, 3.8) is 0 Å². The molecule has 7 N–H and O–H groups in total. The number of hydrogen-bond donors (Lipinski definition) is 7. The van der Waals surface area contributed by atoms with Crippen molar-refractivity contribution in [1.82, 2.24) is 0 Å². The smallest absolute Gasteiger partial charge is 0.187 e. The van der Waals surface area contributed by atoms with E-state index in [-0.39, 0.29) is 0 Å². The highest BCUT2D eigenvalue weighted by Crippen LogP contribution is 2.29. The van der Waals surface area contributed by atoms with Crippen molar-refractivity contribution in [1.29, 1.82) is 0 Å². The van der Waals surface area contributed by atoms with Crippen LogP contribution in [0.4, 0.5) is 0 Å². The van der Waals surface area contributed by atoms with Gasteiger partial charge < -0.3 is 54.7 Å². The Hall–Kier alpha value is -0.440. The van der Waals surface area contributed by atoms with Gasteiger partial charge in [-0.15, -0.1) is 0 Å². The lowest BCUT2D eigenvalue weighted by atomic mass is 9.97. The summed E-state index contributed by atoms with van der Waals surface area (Å²) in [5.74, 6) is 0. The molecule has 0 aliphatic carbocycles. The molecule has 2 heterocycles. The molecule has 0 aromatic carbocycles. The molecule has 0 spiro atoms. The Morgan fingerprint density at radius 1 is 0.606 bits per heavy atom. The largest absolute Gasteiger partial charge is 0.394 e. The molecular formula is C22H42O11. The molecule has 2 fully saturated rings. The summed E-state index contributed by atoms with van der Waals surface area (Å²) in [5, 5.41) is 69.9. The molecule has 0 bridgehead atoms. The average molecular weight is 483 g/mol. The molecule has 0 unspecified atom stereocenters. The lowest BCUT2D eigenvalue weighted by Gasteiger charge is -2.45. The quantitative estimate of drug-likeness (QED) is 0.147. The lowest BCUT2D eigenvalue weighted by molar-refractivity contribution is -0.359. The van der Waals surface area contributed by atoms with Crippen LogP contribution in [0, 0.1) is 0 Å². The van der Waals surface area contributed by atoms with Crippen LogP contribution in [-0.2, 0) is 18.9 Å². The fourth-order valence-corrected chi connectivity index (χ4v) is 4.13. The van der Waals surface area contributed by atoms with Crippen LogP contribution in [0.5, 0.6) is 0 Å². The minimum atomic E-state index is -1.69. The van der Waals surface area contributed by atoms with E-state index in [0.717, 1.165) is 19.3 Å². The molecule has 2 aliphatic rings. The Balaban J connectivity index is 1.82. The first kappa shape index (κ1) is 28.8. The van der Waals surface area contributed by atoms with Crippen LogP contribution >= 0.6 is 0 Å². The van der Waals surface area contributed by atoms with Crippen LogP contribution in [0.2, 0.25) is 0 Å². The summed E-state index contributed by atoms with van der Waals surface area (Å²) < 4.78 is 22.0. The molecule has 2 rings (SSSR count). The van der Waals surface area contributed by atoms with Crippen molar-refractivity contribution >= 4 is 0 Å². The summed E-state index contributed by atoms with van der Waals surface area (Å²) in [6.07, 6.45) is -5.35. The van der Waals surface area contributed by atoms with Crippen LogP contribution in [0.15, 0.2) is 0 Å². The summed E-state index contributed by atoms with van der Waals surface area (Å²) in [5.41, 5.74) is 0. The van der Waals surface area contributed by atoms with Crippen molar-refractivity contribution in [2.45, 2.75) is 120 Å². The molecule has 2 aliphatic heterocycles. The zero-order chi connectivity index (χ0) is 24.4.